The molecule has 0 radical (unpaired) electrons. The molecular weight excluding hydrogens is 519 g/mol. The van der Waals surface area contributed by atoms with Crippen molar-refractivity contribution in [3.63, 3.8) is 0 Å². The molecule has 1 fully saturated rings. The minimum absolute atomic E-state index is 0.0792. The molecule has 4 rings (SSSR count). The largest absolute Gasteiger partial charge is 0.614 e. The van der Waals surface area contributed by atoms with E-state index in [2.05, 4.69) is 20.5 Å². The van der Waals surface area contributed by atoms with E-state index in [4.69, 9.17) is 0 Å². The maximum Gasteiger partial charge on any atom is 0.352 e. The highest BCUT2D eigenvalue weighted by Gasteiger charge is 2.54. The summed E-state index contributed by atoms with van der Waals surface area (Å²) in [5, 5.41) is 18.9. The molecule has 3 aliphatic rings. The molecule has 0 aromatic carbocycles. The summed E-state index contributed by atoms with van der Waals surface area (Å²) < 4.78 is 12.9. The fourth-order valence-corrected chi connectivity index (χ4v) is 8.38. The lowest BCUT2D eigenvalue weighted by Gasteiger charge is -2.49. The molecule has 4 heterocycles. The highest BCUT2D eigenvalue weighted by molar-refractivity contribution is 8.26. The van der Waals surface area contributed by atoms with Crippen LogP contribution < -0.4 is 5.32 Å². The van der Waals surface area contributed by atoms with Gasteiger partial charge in [0.1, 0.15) is 22.1 Å². The van der Waals surface area contributed by atoms with E-state index in [9.17, 15) is 28.8 Å². The number of hydrogen-bond donors (Lipinski definition) is 2. The van der Waals surface area contributed by atoms with Crippen molar-refractivity contribution < 1.29 is 28.8 Å². The third kappa shape index (κ3) is 4.70. The van der Waals surface area contributed by atoms with Crippen molar-refractivity contribution in [1.82, 2.24) is 20.4 Å². The van der Waals surface area contributed by atoms with Gasteiger partial charge in [-0.15, -0.1) is 22.0 Å². The van der Waals surface area contributed by atoms with Gasteiger partial charge >= 0.3 is 5.97 Å². The highest BCUT2D eigenvalue weighted by atomic mass is 32.2. The van der Waals surface area contributed by atoms with Gasteiger partial charge in [0.2, 0.25) is 0 Å². The number of nitrogens with zero attached hydrogens (tertiary/aromatic N) is 4. The van der Waals surface area contributed by atoms with Crippen LogP contribution in [0, 0.1) is 6.92 Å². The molecule has 1 saturated heterocycles. The topological polar surface area (TPSA) is 165 Å². The van der Waals surface area contributed by atoms with Gasteiger partial charge in [-0.25, -0.2) is 9.79 Å². The summed E-state index contributed by atoms with van der Waals surface area (Å²) in [6.45, 7) is 1.82. The standard InChI is InChI=1S/C16H15N5O6S5/c1-6-19-20-16(31-6)29-3-7-2-28-13-9(12(23)21(13)10(7)14(24)25)18-8(22)4-32(27)11-15(26)30-5-17-11/h5,9,11,13H,2-4H2,1H3,(H,18,22)(H,24,25)/t9?,11?,13-,32?/m1/s1. The number of aliphatic imine (C=N–C) groups is 1. The van der Waals surface area contributed by atoms with E-state index in [1.807, 2.05) is 6.92 Å². The molecule has 170 valence electrons. The number of carbonyl (C=O) groups is 4. The van der Waals surface area contributed by atoms with Crippen molar-refractivity contribution in [2.75, 3.05) is 17.3 Å². The molecule has 1 aromatic rings. The molecule has 2 amide bonds. The summed E-state index contributed by atoms with van der Waals surface area (Å²) in [6, 6.07) is -0.920. The number of carboxylic acid groups (broad SMARTS) is 1. The fraction of sp³-hybridized carbons (Fsp3) is 0.438. The highest BCUT2D eigenvalue weighted by Crippen LogP contribution is 2.41. The quantitative estimate of drug-likeness (QED) is 0.263. The van der Waals surface area contributed by atoms with E-state index in [0.717, 1.165) is 16.8 Å². The Morgan fingerprint density at radius 1 is 1.41 bits per heavy atom. The molecule has 3 unspecified atom stereocenters. The molecular formula is C16H15N5O6S5. The van der Waals surface area contributed by atoms with Crippen molar-refractivity contribution in [1.29, 1.82) is 0 Å². The molecule has 0 aliphatic carbocycles. The SMILES string of the molecule is Cc1nnc(SCC2=C(C(=O)O)N3C(=O)C(NC(=O)C[S+]([O-])C4N=CSC4=O)[C@H]3SC2)s1. The number of aliphatic carboxylic acids is 1. The molecule has 1 aromatic heterocycles. The number of carbonyl (C=O) groups excluding carboxylic acids is 3. The monoisotopic (exact) mass is 533 g/mol. The summed E-state index contributed by atoms with van der Waals surface area (Å²) in [4.78, 5) is 53.4. The van der Waals surface area contributed by atoms with Crippen LogP contribution in [-0.2, 0) is 30.4 Å². The zero-order valence-corrected chi connectivity index (χ0v) is 20.3. The lowest BCUT2D eigenvalue weighted by molar-refractivity contribution is -0.150. The Bertz CT molecular complexity index is 1040. The Kier molecular flexibility index (Phi) is 7.16. The fourth-order valence-electron chi connectivity index (χ4n) is 3.14. The van der Waals surface area contributed by atoms with Gasteiger partial charge in [0.15, 0.2) is 10.1 Å². The number of fused-ring (bicyclic) bond motifs is 1. The minimum Gasteiger partial charge on any atom is -0.614 e. The first-order chi connectivity index (χ1) is 15.3. The summed E-state index contributed by atoms with van der Waals surface area (Å²) >= 11 is 3.09. The van der Waals surface area contributed by atoms with Crippen molar-refractivity contribution in [2.45, 2.75) is 28.1 Å². The van der Waals surface area contributed by atoms with E-state index in [0.29, 0.717) is 21.4 Å². The number of carboxylic acids is 1. The predicted molar refractivity (Wildman–Crippen MR) is 123 cm³/mol. The van der Waals surface area contributed by atoms with Crippen LogP contribution in [0.2, 0.25) is 0 Å². The van der Waals surface area contributed by atoms with Crippen LogP contribution in [0.15, 0.2) is 20.6 Å². The van der Waals surface area contributed by atoms with Gasteiger partial charge in [0.25, 0.3) is 22.3 Å². The van der Waals surface area contributed by atoms with Gasteiger partial charge in [-0.05, 0) is 35.4 Å². The maximum atomic E-state index is 12.7. The number of aromatic nitrogens is 2. The Hall–Kier alpha value is -1.59. The van der Waals surface area contributed by atoms with Crippen molar-refractivity contribution >= 4 is 86.2 Å². The molecule has 0 saturated carbocycles. The lowest BCUT2D eigenvalue weighted by atomic mass is 10.0. The summed E-state index contributed by atoms with van der Waals surface area (Å²) in [6.07, 6.45) is 0. The Balaban J connectivity index is 1.39. The Morgan fingerprint density at radius 2 is 2.19 bits per heavy atom. The Labute approximate surface area is 201 Å². The number of rotatable bonds is 8. The van der Waals surface area contributed by atoms with Crippen molar-refractivity contribution in [3.8, 4) is 0 Å². The van der Waals surface area contributed by atoms with E-state index >= 15 is 0 Å². The predicted octanol–water partition coefficient (Wildman–Crippen LogP) is 0.0537. The first kappa shape index (κ1) is 23.6. The first-order valence-corrected chi connectivity index (χ1v) is 14.1. The smallest absolute Gasteiger partial charge is 0.352 e. The molecule has 3 aliphatic heterocycles. The third-order valence-corrected chi connectivity index (χ3v) is 10.1. The summed E-state index contributed by atoms with van der Waals surface area (Å²) in [5.74, 6) is -2.16. The molecule has 11 nitrogen and oxygen atoms in total. The van der Waals surface area contributed by atoms with Gasteiger partial charge in [-0.1, -0.05) is 23.1 Å². The average Bonchev–Trinajstić information content (AvgIpc) is 3.37. The van der Waals surface area contributed by atoms with Crippen LogP contribution in [0.5, 0.6) is 0 Å². The van der Waals surface area contributed by atoms with Gasteiger partial charge in [0, 0.05) is 11.5 Å². The summed E-state index contributed by atoms with van der Waals surface area (Å²) in [5.41, 5.74) is 1.80. The minimum atomic E-state index is -1.84. The van der Waals surface area contributed by atoms with E-state index in [1.54, 1.807) is 0 Å². The van der Waals surface area contributed by atoms with Crippen LogP contribution in [-0.4, -0.2) is 87.3 Å². The molecule has 2 N–H and O–H groups in total. The van der Waals surface area contributed by atoms with E-state index < -0.39 is 56.6 Å². The van der Waals surface area contributed by atoms with Crippen LogP contribution in [0.25, 0.3) is 0 Å². The van der Waals surface area contributed by atoms with Gasteiger partial charge in [0.05, 0.1) is 5.55 Å². The molecule has 4 atom stereocenters. The molecule has 32 heavy (non-hydrogen) atoms. The third-order valence-electron chi connectivity index (χ3n) is 4.53. The Morgan fingerprint density at radius 3 is 2.81 bits per heavy atom. The van der Waals surface area contributed by atoms with Crippen LogP contribution in [0.1, 0.15) is 5.01 Å². The van der Waals surface area contributed by atoms with Gasteiger partial charge in [-0.3, -0.25) is 19.3 Å². The van der Waals surface area contributed by atoms with E-state index in [-0.39, 0.29) is 5.70 Å². The number of thioether (sulfide) groups is 3. The number of β-lactam (4-membered cyclic amide) rings is 1. The molecule has 0 spiro atoms. The number of amides is 2. The lowest BCUT2D eigenvalue weighted by Crippen LogP contribution is -2.71. The second-order valence-corrected chi connectivity index (χ2v) is 12.5. The first-order valence-electron chi connectivity index (χ1n) is 8.98. The maximum absolute atomic E-state index is 12.7. The number of nitrogens with one attached hydrogen (secondary N) is 1. The zero-order valence-electron chi connectivity index (χ0n) is 16.2. The zero-order chi connectivity index (χ0) is 23.0. The second-order valence-electron chi connectivity index (χ2n) is 6.66. The molecule has 16 heteroatoms. The summed E-state index contributed by atoms with van der Waals surface area (Å²) in [7, 11) is 0. The van der Waals surface area contributed by atoms with Crippen LogP contribution in [0.4, 0.5) is 0 Å². The van der Waals surface area contributed by atoms with Crippen LogP contribution in [0.3, 0.4) is 0 Å². The normalized spacial score (nSPS) is 25.6. The van der Waals surface area contributed by atoms with Gasteiger partial charge in [-0.2, -0.15) is 0 Å². The van der Waals surface area contributed by atoms with Crippen LogP contribution >= 0.6 is 46.6 Å². The number of hydrogen-bond acceptors (Lipinski definition) is 12. The molecule has 0 bridgehead atoms. The second kappa shape index (κ2) is 9.72. The average molecular weight is 534 g/mol. The van der Waals surface area contributed by atoms with Crippen molar-refractivity contribution in [3.05, 3.63) is 16.3 Å². The van der Waals surface area contributed by atoms with Crippen molar-refractivity contribution in [2.24, 2.45) is 4.99 Å². The van der Waals surface area contributed by atoms with Gasteiger partial charge < -0.3 is 15.0 Å². The van der Waals surface area contributed by atoms with E-state index in [1.165, 1.54) is 45.3 Å². The number of aryl methyl sites for hydroxylation is 1.